The number of carbonyl (C=O) groups is 2. The average molecular weight is 608 g/mol. The highest BCUT2D eigenvalue weighted by Gasteiger charge is 2.42. The molecular formula is C38H35F2NO4. The number of Topliss-reactive ketones (excluding diaryl/α,β-unsaturated/α-hetero) is 1. The monoisotopic (exact) mass is 607 g/mol. The summed E-state index contributed by atoms with van der Waals surface area (Å²) in [7, 11) is 1.39. The zero-order valence-corrected chi connectivity index (χ0v) is 25.4. The first kappa shape index (κ1) is 30.3. The van der Waals surface area contributed by atoms with Crippen LogP contribution in [-0.4, -0.2) is 30.3 Å². The molecule has 45 heavy (non-hydrogen) atoms. The molecular weight excluding hydrogens is 572 g/mol. The Morgan fingerprint density at radius 3 is 2.36 bits per heavy atom. The number of hydrogen-bond donors (Lipinski definition) is 0. The van der Waals surface area contributed by atoms with Gasteiger partial charge in [0, 0.05) is 46.3 Å². The summed E-state index contributed by atoms with van der Waals surface area (Å²) in [6.45, 7) is 10.2. The Hall–Kier alpha value is -4.78. The molecule has 3 aromatic rings. The van der Waals surface area contributed by atoms with Gasteiger partial charge in [0.2, 0.25) is 0 Å². The van der Waals surface area contributed by atoms with Gasteiger partial charge in [-0.2, -0.15) is 8.78 Å². The minimum absolute atomic E-state index is 0.0665. The van der Waals surface area contributed by atoms with Gasteiger partial charge in [0.25, 0.3) is 5.92 Å². The summed E-state index contributed by atoms with van der Waals surface area (Å²) in [5, 5.41) is 2.06. The third kappa shape index (κ3) is 5.99. The predicted molar refractivity (Wildman–Crippen MR) is 170 cm³/mol. The number of methoxy groups -OCH3 is 1. The Morgan fingerprint density at radius 1 is 1.00 bits per heavy atom. The molecule has 2 atom stereocenters. The van der Waals surface area contributed by atoms with E-state index in [9.17, 15) is 18.4 Å². The second-order valence-corrected chi connectivity index (χ2v) is 11.9. The first-order valence-corrected chi connectivity index (χ1v) is 15.1. The standard InChI is InChI=1S/C38H35F2NO4/c1-5-38(39,40)28-11-15-30(16-12-28)45-29-13-8-26(9-14-29)36(42)35-32-17-6-25(7-18-33(32)35)21-41-22-34-24(3)31(37(43)44-4)19-10-27(34)20-23(41)2/h5,8-16,19-20,22,25,32H,1-2,6-7,17-18,21H2,3-4H3. The molecule has 0 radical (unpaired) electrons. The average Bonchev–Trinajstić information content (AvgIpc) is 3.78. The third-order valence-corrected chi connectivity index (χ3v) is 9.19. The zero-order valence-electron chi connectivity index (χ0n) is 25.4. The van der Waals surface area contributed by atoms with Crippen LogP contribution in [0.4, 0.5) is 8.78 Å². The van der Waals surface area contributed by atoms with E-state index in [0.29, 0.717) is 34.6 Å². The fourth-order valence-corrected chi connectivity index (χ4v) is 6.50. The summed E-state index contributed by atoms with van der Waals surface area (Å²) in [5.41, 5.74) is 5.07. The highest BCUT2D eigenvalue weighted by Crippen LogP contribution is 2.50. The molecule has 0 N–H and O–H groups in total. The Morgan fingerprint density at radius 2 is 1.69 bits per heavy atom. The third-order valence-electron chi connectivity index (χ3n) is 9.19. The molecule has 1 fully saturated rings. The van der Waals surface area contributed by atoms with Gasteiger partial charge in [0.15, 0.2) is 5.78 Å². The molecule has 0 saturated heterocycles. The van der Waals surface area contributed by atoms with Crippen molar-refractivity contribution in [3.05, 3.63) is 129 Å². The fourth-order valence-electron chi connectivity index (χ4n) is 6.50. The Balaban J connectivity index is 1.07. The van der Waals surface area contributed by atoms with E-state index >= 15 is 0 Å². The molecule has 0 spiro atoms. The number of benzene rings is 3. The first-order valence-electron chi connectivity index (χ1n) is 15.1. The van der Waals surface area contributed by atoms with Crippen LogP contribution in [-0.2, 0) is 10.7 Å². The molecule has 230 valence electrons. The Bertz CT molecular complexity index is 1850. The van der Waals surface area contributed by atoms with E-state index in [2.05, 4.69) is 30.3 Å². The number of ketones is 1. The fraction of sp³-hybridized carbons (Fsp3) is 0.263. The van der Waals surface area contributed by atoms with Crippen LogP contribution in [0.15, 0.2) is 96.7 Å². The molecule has 2 unspecified atom stereocenters. The number of alkyl halides is 2. The molecule has 1 saturated carbocycles. The van der Waals surface area contributed by atoms with Crippen molar-refractivity contribution in [2.24, 2.45) is 11.8 Å². The second kappa shape index (κ2) is 12.0. The summed E-state index contributed by atoms with van der Waals surface area (Å²) in [6.07, 6.45) is 8.65. The largest absolute Gasteiger partial charge is 0.465 e. The van der Waals surface area contributed by atoms with Gasteiger partial charge in [-0.05, 0) is 116 Å². The van der Waals surface area contributed by atoms with Crippen LogP contribution in [0.25, 0.3) is 12.3 Å². The highest BCUT2D eigenvalue weighted by atomic mass is 19.3. The van der Waals surface area contributed by atoms with Crippen molar-refractivity contribution in [2.75, 3.05) is 13.7 Å². The Kier molecular flexibility index (Phi) is 8.04. The predicted octanol–water partition coefficient (Wildman–Crippen LogP) is 7.20. The lowest BCUT2D eigenvalue weighted by Crippen LogP contribution is -2.38. The molecule has 1 heterocycles. The van der Waals surface area contributed by atoms with Crippen molar-refractivity contribution in [3.63, 3.8) is 0 Å². The minimum atomic E-state index is -3.10. The number of ether oxygens (including phenoxy) is 2. The summed E-state index contributed by atoms with van der Waals surface area (Å²) in [4.78, 5) is 27.8. The summed E-state index contributed by atoms with van der Waals surface area (Å²) in [5.74, 6) is -1.72. The van der Waals surface area contributed by atoms with Crippen molar-refractivity contribution >= 4 is 24.0 Å². The van der Waals surface area contributed by atoms with Gasteiger partial charge in [-0.1, -0.05) is 24.8 Å². The SMILES string of the molecule is C=CC(F)(F)c1ccc(Oc2ccc(C(=O)C3=C4CCC(CN5C=c6c(C)c(C(=O)OC)ccc6=CC5=C)CCC43)cc2)cc1. The van der Waals surface area contributed by atoms with Gasteiger partial charge < -0.3 is 14.4 Å². The van der Waals surface area contributed by atoms with Crippen LogP contribution in [0.3, 0.4) is 0 Å². The van der Waals surface area contributed by atoms with E-state index in [0.717, 1.165) is 59.5 Å². The summed E-state index contributed by atoms with van der Waals surface area (Å²) < 4.78 is 38.3. The van der Waals surface area contributed by atoms with Crippen molar-refractivity contribution in [1.82, 2.24) is 4.90 Å². The molecule has 3 aliphatic rings. The smallest absolute Gasteiger partial charge is 0.338 e. The number of esters is 1. The molecule has 0 bridgehead atoms. The zero-order chi connectivity index (χ0) is 31.9. The van der Waals surface area contributed by atoms with E-state index in [1.165, 1.54) is 36.9 Å². The van der Waals surface area contributed by atoms with Crippen LogP contribution in [0.2, 0.25) is 0 Å². The maximum atomic E-state index is 13.8. The van der Waals surface area contributed by atoms with Gasteiger partial charge in [0.1, 0.15) is 11.5 Å². The number of carbonyl (C=O) groups excluding carboxylic acids is 2. The molecule has 0 amide bonds. The number of nitrogens with zero attached hydrogens (tertiary/aromatic N) is 1. The Labute approximate surface area is 261 Å². The van der Waals surface area contributed by atoms with Gasteiger partial charge >= 0.3 is 5.97 Å². The van der Waals surface area contributed by atoms with E-state index in [1.54, 1.807) is 30.3 Å². The van der Waals surface area contributed by atoms with Crippen molar-refractivity contribution in [1.29, 1.82) is 0 Å². The van der Waals surface area contributed by atoms with Gasteiger partial charge in [-0.25, -0.2) is 4.79 Å². The number of allylic oxidation sites excluding steroid dienone is 4. The first-order chi connectivity index (χ1) is 21.6. The molecule has 6 rings (SSSR count). The lowest BCUT2D eigenvalue weighted by Gasteiger charge is -2.28. The molecule has 2 aliphatic carbocycles. The van der Waals surface area contributed by atoms with Crippen LogP contribution < -0.4 is 15.2 Å². The number of hydrogen-bond acceptors (Lipinski definition) is 5. The molecule has 7 heteroatoms. The topological polar surface area (TPSA) is 55.8 Å². The van der Waals surface area contributed by atoms with Crippen molar-refractivity contribution in [2.45, 2.75) is 38.5 Å². The quantitative estimate of drug-likeness (QED) is 0.146. The van der Waals surface area contributed by atoms with Crippen LogP contribution in [0.1, 0.15) is 57.5 Å². The van der Waals surface area contributed by atoms with Crippen LogP contribution >= 0.6 is 0 Å². The number of rotatable bonds is 9. The molecule has 0 aromatic heterocycles. The van der Waals surface area contributed by atoms with Crippen LogP contribution in [0.5, 0.6) is 11.5 Å². The second-order valence-electron chi connectivity index (χ2n) is 11.9. The van der Waals surface area contributed by atoms with Crippen molar-refractivity contribution < 1.29 is 27.8 Å². The molecule has 5 nitrogen and oxygen atoms in total. The summed E-state index contributed by atoms with van der Waals surface area (Å²) >= 11 is 0. The van der Waals surface area contributed by atoms with E-state index < -0.39 is 5.92 Å². The molecule has 3 aromatic carbocycles. The van der Waals surface area contributed by atoms with E-state index in [-0.39, 0.29) is 23.2 Å². The van der Waals surface area contributed by atoms with Crippen LogP contribution in [0, 0.1) is 18.8 Å². The highest BCUT2D eigenvalue weighted by molar-refractivity contribution is 6.13. The van der Waals surface area contributed by atoms with Crippen molar-refractivity contribution in [3.8, 4) is 11.5 Å². The lowest BCUT2D eigenvalue weighted by molar-refractivity contribution is 0.0524. The molecule has 1 aliphatic heterocycles. The maximum absolute atomic E-state index is 13.8. The van der Waals surface area contributed by atoms with E-state index in [4.69, 9.17) is 9.47 Å². The summed E-state index contributed by atoms with van der Waals surface area (Å²) in [6, 6.07) is 16.3. The van der Waals surface area contributed by atoms with E-state index in [1.807, 2.05) is 13.0 Å². The maximum Gasteiger partial charge on any atom is 0.338 e. The normalized spacial score (nSPS) is 18.9. The van der Waals surface area contributed by atoms with Gasteiger partial charge in [-0.3, -0.25) is 4.79 Å². The lowest BCUT2D eigenvalue weighted by atomic mass is 9.95. The minimum Gasteiger partial charge on any atom is -0.465 e. The number of fused-ring (bicyclic) bond motifs is 2. The van der Waals surface area contributed by atoms with Gasteiger partial charge in [0.05, 0.1) is 12.7 Å². The van der Waals surface area contributed by atoms with Gasteiger partial charge in [-0.15, -0.1) is 0 Å². The number of halogens is 2.